The van der Waals surface area contributed by atoms with Gasteiger partial charge in [-0.1, -0.05) is 24.9 Å². The topological polar surface area (TPSA) is 61.4 Å². The lowest BCUT2D eigenvalue weighted by atomic mass is 9.98. The number of anilines is 1. The van der Waals surface area contributed by atoms with Gasteiger partial charge in [0.15, 0.2) is 0 Å². The number of amides is 2. The third kappa shape index (κ3) is 4.69. The lowest BCUT2D eigenvalue weighted by molar-refractivity contribution is 0.167. The summed E-state index contributed by atoms with van der Waals surface area (Å²) < 4.78 is 12.9. The molecular formula is C13H18ClFN2O2. The van der Waals surface area contributed by atoms with Gasteiger partial charge in [0.2, 0.25) is 0 Å². The van der Waals surface area contributed by atoms with E-state index in [4.69, 9.17) is 11.6 Å². The summed E-state index contributed by atoms with van der Waals surface area (Å²) in [4.78, 5) is 11.8. The molecule has 1 unspecified atom stereocenters. The molecule has 3 N–H and O–H groups in total. The van der Waals surface area contributed by atoms with Crippen molar-refractivity contribution in [1.82, 2.24) is 5.32 Å². The summed E-state index contributed by atoms with van der Waals surface area (Å²) >= 11 is 5.81. The van der Waals surface area contributed by atoms with Gasteiger partial charge >= 0.3 is 6.03 Å². The van der Waals surface area contributed by atoms with E-state index in [2.05, 4.69) is 10.6 Å². The van der Waals surface area contributed by atoms with Crippen LogP contribution in [0.15, 0.2) is 18.2 Å². The molecule has 0 saturated carbocycles. The molecule has 1 atom stereocenters. The molecule has 0 aliphatic heterocycles. The van der Waals surface area contributed by atoms with Gasteiger partial charge in [0.05, 0.1) is 22.9 Å². The first kappa shape index (κ1) is 15.7. The summed E-state index contributed by atoms with van der Waals surface area (Å²) in [6, 6.07) is 3.22. The van der Waals surface area contributed by atoms with Gasteiger partial charge in [0, 0.05) is 0 Å². The van der Waals surface area contributed by atoms with Crippen molar-refractivity contribution in [2.75, 3.05) is 11.9 Å². The Hall–Kier alpha value is -1.33. The lowest BCUT2D eigenvalue weighted by Crippen LogP contribution is -2.50. The highest BCUT2D eigenvalue weighted by Crippen LogP contribution is 2.22. The highest BCUT2D eigenvalue weighted by Gasteiger charge is 2.24. The lowest BCUT2D eigenvalue weighted by Gasteiger charge is -2.28. The maximum Gasteiger partial charge on any atom is 0.319 e. The number of nitrogens with one attached hydrogen (secondary N) is 2. The fraction of sp³-hybridized carbons (Fsp3) is 0.462. The number of urea groups is 1. The van der Waals surface area contributed by atoms with E-state index in [0.29, 0.717) is 12.1 Å². The van der Waals surface area contributed by atoms with Crippen molar-refractivity contribution >= 4 is 23.3 Å². The van der Waals surface area contributed by atoms with Crippen LogP contribution < -0.4 is 10.6 Å². The number of hydrogen-bond acceptors (Lipinski definition) is 2. The predicted molar refractivity (Wildman–Crippen MR) is 74.0 cm³/mol. The third-order valence-corrected chi connectivity index (χ3v) is 3.06. The molecule has 0 spiro atoms. The summed E-state index contributed by atoms with van der Waals surface area (Å²) in [5, 5.41) is 14.6. The molecule has 0 fully saturated rings. The largest absolute Gasteiger partial charge is 0.394 e. The second-order valence-corrected chi connectivity index (χ2v) is 5.08. The number of carbonyl (C=O) groups excluding carboxylic acids is 1. The summed E-state index contributed by atoms with van der Waals surface area (Å²) in [6.07, 6.45) is 1.47. The van der Waals surface area contributed by atoms with Gasteiger partial charge in [-0.05, 0) is 31.5 Å². The SMILES string of the molecule is CCCC(C)(CO)NC(=O)Nc1ccc(F)cc1Cl. The number of aliphatic hydroxyl groups excluding tert-OH is 1. The second kappa shape index (κ2) is 6.73. The monoisotopic (exact) mass is 288 g/mol. The zero-order valence-corrected chi connectivity index (χ0v) is 11.7. The molecule has 4 nitrogen and oxygen atoms in total. The molecule has 2 amide bonds. The fourth-order valence-corrected chi connectivity index (χ4v) is 1.97. The molecule has 1 aromatic carbocycles. The van der Waals surface area contributed by atoms with Crippen molar-refractivity contribution in [2.24, 2.45) is 0 Å². The van der Waals surface area contributed by atoms with Crippen molar-refractivity contribution < 1.29 is 14.3 Å². The van der Waals surface area contributed by atoms with Gasteiger partial charge in [0.1, 0.15) is 5.82 Å². The van der Waals surface area contributed by atoms with Crippen LogP contribution in [0.2, 0.25) is 5.02 Å². The number of halogens is 2. The van der Waals surface area contributed by atoms with Crippen LogP contribution in [0.4, 0.5) is 14.9 Å². The molecule has 0 bridgehead atoms. The highest BCUT2D eigenvalue weighted by atomic mass is 35.5. The minimum Gasteiger partial charge on any atom is -0.394 e. The molecule has 0 heterocycles. The smallest absolute Gasteiger partial charge is 0.319 e. The number of aliphatic hydroxyl groups is 1. The van der Waals surface area contributed by atoms with Gasteiger partial charge in [-0.15, -0.1) is 0 Å². The van der Waals surface area contributed by atoms with Crippen molar-refractivity contribution in [1.29, 1.82) is 0 Å². The molecule has 19 heavy (non-hydrogen) atoms. The Morgan fingerprint density at radius 1 is 1.53 bits per heavy atom. The van der Waals surface area contributed by atoms with E-state index in [9.17, 15) is 14.3 Å². The van der Waals surface area contributed by atoms with Crippen LogP contribution in [0.3, 0.4) is 0 Å². The van der Waals surface area contributed by atoms with Crippen LogP contribution in [0.5, 0.6) is 0 Å². The van der Waals surface area contributed by atoms with Crippen molar-refractivity contribution in [3.63, 3.8) is 0 Å². The van der Waals surface area contributed by atoms with Crippen molar-refractivity contribution in [3.05, 3.63) is 29.0 Å². The van der Waals surface area contributed by atoms with E-state index < -0.39 is 17.4 Å². The standard InChI is InChI=1S/C13H18ClFN2O2/c1-3-6-13(2,8-18)17-12(19)16-11-5-4-9(15)7-10(11)14/h4-5,7,18H,3,6,8H2,1-2H3,(H2,16,17,19). The maximum atomic E-state index is 12.9. The minimum absolute atomic E-state index is 0.122. The van der Waals surface area contributed by atoms with Gasteiger partial charge in [-0.3, -0.25) is 0 Å². The zero-order chi connectivity index (χ0) is 14.5. The van der Waals surface area contributed by atoms with Crippen LogP contribution >= 0.6 is 11.6 Å². The van der Waals surface area contributed by atoms with Gasteiger partial charge in [-0.2, -0.15) is 0 Å². The third-order valence-electron chi connectivity index (χ3n) is 2.75. The normalized spacial score (nSPS) is 13.7. The predicted octanol–water partition coefficient (Wildman–Crippen LogP) is 3.15. The molecule has 1 rings (SSSR count). The first-order valence-corrected chi connectivity index (χ1v) is 6.43. The summed E-state index contributed by atoms with van der Waals surface area (Å²) in [5.41, 5.74) is -0.372. The molecule has 0 aliphatic rings. The Morgan fingerprint density at radius 3 is 2.74 bits per heavy atom. The van der Waals surface area contributed by atoms with E-state index in [0.717, 1.165) is 12.5 Å². The Balaban J connectivity index is 2.69. The summed E-state index contributed by atoms with van der Waals surface area (Å²) in [6.45, 7) is 3.55. The first-order chi connectivity index (χ1) is 8.90. The summed E-state index contributed by atoms with van der Waals surface area (Å²) in [5.74, 6) is -0.470. The molecule has 1 aromatic rings. The van der Waals surface area contributed by atoms with Gasteiger partial charge < -0.3 is 15.7 Å². The van der Waals surface area contributed by atoms with Crippen molar-refractivity contribution in [3.8, 4) is 0 Å². The number of carbonyl (C=O) groups is 1. The molecular weight excluding hydrogens is 271 g/mol. The van der Waals surface area contributed by atoms with Crippen LogP contribution in [-0.2, 0) is 0 Å². The molecule has 0 aromatic heterocycles. The van der Waals surface area contributed by atoms with E-state index in [1.807, 2.05) is 6.92 Å². The Labute approximate surface area is 117 Å². The number of hydrogen-bond donors (Lipinski definition) is 3. The molecule has 0 saturated heterocycles. The van der Waals surface area contributed by atoms with E-state index >= 15 is 0 Å². The Morgan fingerprint density at radius 2 is 2.21 bits per heavy atom. The molecule has 0 radical (unpaired) electrons. The quantitative estimate of drug-likeness (QED) is 0.779. The molecule has 0 aliphatic carbocycles. The molecule has 106 valence electrons. The van der Waals surface area contributed by atoms with Crippen LogP contribution in [0, 0.1) is 5.82 Å². The van der Waals surface area contributed by atoms with E-state index in [1.54, 1.807) is 6.92 Å². The average molecular weight is 289 g/mol. The minimum atomic E-state index is -0.689. The van der Waals surface area contributed by atoms with Crippen molar-refractivity contribution in [2.45, 2.75) is 32.2 Å². The van der Waals surface area contributed by atoms with E-state index in [-0.39, 0.29) is 11.6 Å². The number of benzene rings is 1. The Bertz CT molecular complexity index is 456. The summed E-state index contributed by atoms with van der Waals surface area (Å²) in [7, 11) is 0. The fourth-order valence-electron chi connectivity index (χ4n) is 1.75. The molecule has 6 heteroatoms. The van der Waals surface area contributed by atoms with Crippen LogP contribution in [0.25, 0.3) is 0 Å². The average Bonchev–Trinajstić information content (AvgIpc) is 2.33. The zero-order valence-electron chi connectivity index (χ0n) is 11.0. The second-order valence-electron chi connectivity index (χ2n) is 4.67. The van der Waals surface area contributed by atoms with Gasteiger partial charge in [0.25, 0.3) is 0 Å². The highest BCUT2D eigenvalue weighted by molar-refractivity contribution is 6.33. The number of rotatable bonds is 5. The van der Waals surface area contributed by atoms with E-state index in [1.165, 1.54) is 12.1 Å². The Kier molecular flexibility index (Phi) is 5.57. The first-order valence-electron chi connectivity index (χ1n) is 6.05. The van der Waals surface area contributed by atoms with Crippen LogP contribution in [0.1, 0.15) is 26.7 Å². The van der Waals surface area contributed by atoms with Gasteiger partial charge in [-0.25, -0.2) is 9.18 Å². The van der Waals surface area contributed by atoms with Crippen LogP contribution in [-0.4, -0.2) is 23.3 Å². The maximum absolute atomic E-state index is 12.9.